The minimum absolute atomic E-state index is 0.121. The van der Waals surface area contributed by atoms with E-state index in [1.54, 1.807) is 25.3 Å². The normalized spacial score (nSPS) is 12.4. The van der Waals surface area contributed by atoms with E-state index in [2.05, 4.69) is 0 Å². The predicted molar refractivity (Wildman–Crippen MR) is 52.6 cm³/mol. The van der Waals surface area contributed by atoms with Crippen molar-refractivity contribution >= 4 is 5.91 Å². The minimum atomic E-state index is -0.825. The van der Waals surface area contributed by atoms with Gasteiger partial charge < -0.3 is 16.0 Å². The molecule has 1 unspecified atom stereocenters. The Morgan fingerprint density at radius 3 is 2.86 bits per heavy atom. The van der Waals surface area contributed by atoms with Crippen LogP contribution >= 0.6 is 0 Å². The Bertz CT molecular complexity index is 397. The number of rotatable bonds is 3. The molecule has 5 heteroatoms. The average molecular weight is 195 g/mol. The van der Waals surface area contributed by atoms with Crippen LogP contribution in [0.3, 0.4) is 0 Å². The quantitative estimate of drug-likeness (QED) is 0.646. The van der Waals surface area contributed by atoms with Crippen molar-refractivity contribution < 1.29 is 4.79 Å². The van der Waals surface area contributed by atoms with E-state index in [4.69, 9.17) is 11.5 Å². The first-order valence-corrected chi connectivity index (χ1v) is 4.23. The number of aromatic nitrogens is 1. The molecule has 0 bridgehead atoms. The summed E-state index contributed by atoms with van der Waals surface area (Å²) in [5, 5.41) is 0. The third-order valence-electron chi connectivity index (χ3n) is 1.97. The molecule has 0 aliphatic carbocycles. The van der Waals surface area contributed by atoms with Crippen LogP contribution in [0.1, 0.15) is 5.56 Å². The van der Waals surface area contributed by atoms with Crippen molar-refractivity contribution in [2.75, 3.05) is 0 Å². The van der Waals surface area contributed by atoms with Crippen LogP contribution in [0.2, 0.25) is 0 Å². The van der Waals surface area contributed by atoms with Crippen LogP contribution < -0.4 is 17.0 Å². The monoisotopic (exact) mass is 195 g/mol. The number of carbonyl (C=O) groups is 1. The zero-order valence-electron chi connectivity index (χ0n) is 7.93. The lowest BCUT2D eigenvalue weighted by atomic mass is 10.2. The van der Waals surface area contributed by atoms with Gasteiger partial charge in [-0.3, -0.25) is 9.59 Å². The van der Waals surface area contributed by atoms with Crippen LogP contribution in [0, 0.1) is 6.92 Å². The van der Waals surface area contributed by atoms with Crippen LogP contribution in [-0.4, -0.2) is 16.5 Å². The summed E-state index contributed by atoms with van der Waals surface area (Å²) in [6.07, 6.45) is 1.58. The Morgan fingerprint density at radius 2 is 2.29 bits per heavy atom. The topological polar surface area (TPSA) is 91.1 Å². The Hall–Kier alpha value is -1.62. The standard InChI is InChI=1S/C9H13N3O2/c1-6-3-2-4-12(9(6)14)5-7(10)8(11)13/h2-4,7H,5,10H2,1H3,(H2,11,13). The van der Waals surface area contributed by atoms with Gasteiger partial charge in [-0.1, -0.05) is 6.07 Å². The molecular weight excluding hydrogens is 182 g/mol. The number of nitrogens with zero attached hydrogens (tertiary/aromatic N) is 1. The molecule has 76 valence electrons. The van der Waals surface area contributed by atoms with E-state index in [-0.39, 0.29) is 12.1 Å². The highest BCUT2D eigenvalue weighted by Crippen LogP contribution is 1.90. The van der Waals surface area contributed by atoms with E-state index < -0.39 is 11.9 Å². The molecule has 1 heterocycles. The van der Waals surface area contributed by atoms with Gasteiger partial charge in [-0.2, -0.15) is 0 Å². The fraction of sp³-hybridized carbons (Fsp3) is 0.333. The van der Waals surface area contributed by atoms with Crippen molar-refractivity contribution in [3.63, 3.8) is 0 Å². The van der Waals surface area contributed by atoms with Crippen molar-refractivity contribution in [2.45, 2.75) is 19.5 Å². The van der Waals surface area contributed by atoms with Crippen molar-refractivity contribution in [1.29, 1.82) is 0 Å². The molecule has 1 rings (SSSR count). The molecule has 0 aliphatic heterocycles. The van der Waals surface area contributed by atoms with E-state index >= 15 is 0 Å². The second-order valence-corrected chi connectivity index (χ2v) is 3.16. The van der Waals surface area contributed by atoms with Crippen molar-refractivity contribution in [3.05, 3.63) is 34.2 Å². The number of pyridine rings is 1. The zero-order valence-corrected chi connectivity index (χ0v) is 7.93. The highest BCUT2D eigenvalue weighted by Gasteiger charge is 2.10. The van der Waals surface area contributed by atoms with Gasteiger partial charge in [-0.15, -0.1) is 0 Å². The molecule has 14 heavy (non-hydrogen) atoms. The van der Waals surface area contributed by atoms with E-state index in [1.165, 1.54) is 4.57 Å². The molecule has 0 saturated carbocycles. The summed E-state index contributed by atoms with van der Waals surface area (Å²) in [4.78, 5) is 22.2. The summed E-state index contributed by atoms with van der Waals surface area (Å²) in [7, 11) is 0. The van der Waals surface area contributed by atoms with Gasteiger partial charge in [0.15, 0.2) is 0 Å². The minimum Gasteiger partial charge on any atom is -0.368 e. The fourth-order valence-corrected chi connectivity index (χ4v) is 1.10. The summed E-state index contributed by atoms with van der Waals surface area (Å²) in [6.45, 7) is 1.82. The largest absolute Gasteiger partial charge is 0.368 e. The number of hydrogen-bond acceptors (Lipinski definition) is 3. The van der Waals surface area contributed by atoms with Gasteiger partial charge in [0, 0.05) is 18.3 Å². The molecule has 1 aromatic heterocycles. The molecule has 1 amide bonds. The molecule has 0 aromatic carbocycles. The molecule has 5 nitrogen and oxygen atoms in total. The molecule has 4 N–H and O–H groups in total. The molecule has 0 fully saturated rings. The Kier molecular flexibility index (Phi) is 3.03. The van der Waals surface area contributed by atoms with Crippen molar-refractivity contribution in [2.24, 2.45) is 11.5 Å². The second-order valence-electron chi connectivity index (χ2n) is 3.16. The Balaban J connectivity index is 2.93. The molecule has 1 aromatic rings. The Morgan fingerprint density at radius 1 is 1.64 bits per heavy atom. The number of carbonyl (C=O) groups excluding carboxylic acids is 1. The van der Waals surface area contributed by atoms with Crippen LogP contribution in [0.15, 0.2) is 23.1 Å². The van der Waals surface area contributed by atoms with Gasteiger partial charge in [-0.05, 0) is 13.0 Å². The van der Waals surface area contributed by atoms with Gasteiger partial charge in [-0.25, -0.2) is 0 Å². The first-order valence-electron chi connectivity index (χ1n) is 4.23. The maximum atomic E-state index is 11.5. The SMILES string of the molecule is Cc1cccn(CC(N)C(N)=O)c1=O. The number of nitrogens with two attached hydrogens (primary N) is 2. The molecule has 0 saturated heterocycles. The number of amides is 1. The average Bonchev–Trinajstić information content (AvgIpc) is 2.12. The second kappa shape index (κ2) is 4.06. The third-order valence-corrected chi connectivity index (χ3v) is 1.97. The van der Waals surface area contributed by atoms with Gasteiger partial charge in [0.2, 0.25) is 5.91 Å². The maximum absolute atomic E-state index is 11.5. The lowest BCUT2D eigenvalue weighted by molar-refractivity contribution is -0.119. The van der Waals surface area contributed by atoms with Crippen LogP contribution in [0.4, 0.5) is 0 Å². The van der Waals surface area contributed by atoms with Gasteiger partial charge >= 0.3 is 0 Å². The van der Waals surface area contributed by atoms with Crippen LogP contribution in [0.25, 0.3) is 0 Å². The molecule has 1 atom stereocenters. The van der Waals surface area contributed by atoms with Crippen LogP contribution in [-0.2, 0) is 11.3 Å². The Labute approximate surface area is 81.3 Å². The van der Waals surface area contributed by atoms with E-state index in [9.17, 15) is 9.59 Å². The highest BCUT2D eigenvalue weighted by atomic mass is 16.1. The highest BCUT2D eigenvalue weighted by molar-refractivity contribution is 5.79. The third kappa shape index (κ3) is 2.20. The summed E-state index contributed by atoms with van der Waals surface area (Å²) in [6, 6.07) is 2.61. The summed E-state index contributed by atoms with van der Waals surface area (Å²) in [5.41, 5.74) is 10.9. The predicted octanol–water partition coefficient (Wildman–Crippen LogP) is -1.03. The first kappa shape index (κ1) is 10.5. The first-order chi connectivity index (χ1) is 6.52. The van der Waals surface area contributed by atoms with Crippen LogP contribution in [0.5, 0.6) is 0 Å². The lowest BCUT2D eigenvalue weighted by Gasteiger charge is -2.10. The maximum Gasteiger partial charge on any atom is 0.253 e. The van der Waals surface area contributed by atoms with E-state index in [0.29, 0.717) is 5.56 Å². The number of primary amides is 1. The van der Waals surface area contributed by atoms with Gasteiger partial charge in [0.05, 0.1) is 0 Å². The van der Waals surface area contributed by atoms with E-state index in [1.807, 2.05) is 0 Å². The molecule has 0 radical (unpaired) electrons. The zero-order chi connectivity index (χ0) is 10.7. The summed E-state index contributed by atoms with van der Waals surface area (Å²) < 4.78 is 1.38. The molecule has 0 aliphatic rings. The summed E-state index contributed by atoms with van der Waals surface area (Å²) >= 11 is 0. The van der Waals surface area contributed by atoms with E-state index in [0.717, 1.165) is 0 Å². The smallest absolute Gasteiger partial charge is 0.253 e. The number of hydrogen-bond donors (Lipinski definition) is 2. The molecular formula is C9H13N3O2. The van der Waals surface area contributed by atoms with Gasteiger partial charge in [0.25, 0.3) is 5.56 Å². The number of aryl methyl sites for hydroxylation is 1. The lowest BCUT2D eigenvalue weighted by Crippen LogP contribution is -2.42. The van der Waals surface area contributed by atoms with Crippen molar-refractivity contribution in [3.8, 4) is 0 Å². The van der Waals surface area contributed by atoms with Gasteiger partial charge in [0.1, 0.15) is 6.04 Å². The fourth-order valence-electron chi connectivity index (χ4n) is 1.10. The van der Waals surface area contributed by atoms with Crippen molar-refractivity contribution in [1.82, 2.24) is 4.57 Å². The molecule has 0 spiro atoms. The summed E-state index contributed by atoms with van der Waals surface area (Å²) in [5.74, 6) is -0.613.